The Hall–Kier alpha value is -1.98. The maximum Gasteiger partial charge on any atom is 0.737 e. The Kier molecular flexibility index (Phi) is 4.13. The number of aryl methyl sites for hydroxylation is 2. The first kappa shape index (κ1) is 17.8. The minimum Gasteiger partial charge on any atom is -0.394 e. The summed E-state index contributed by atoms with van der Waals surface area (Å²) in [7, 11) is 0. The first-order chi connectivity index (χ1) is 11.6. The number of ketones is 1. The summed E-state index contributed by atoms with van der Waals surface area (Å²) in [5.41, 5.74) is 4.84. The van der Waals surface area contributed by atoms with E-state index in [9.17, 15) is 4.79 Å². The number of fused-ring (bicyclic) bond motifs is 2. The molecule has 0 fully saturated rings. The third-order valence-electron chi connectivity index (χ3n) is 5.30. The molecule has 3 nitrogen and oxygen atoms in total. The zero-order chi connectivity index (χ0) is 18.7. The van der Waals surface area contributed by atoms with Gasteiger partial charge in [-0.1, -0.05) is 13.8 Å². The standard InChI is InChI=1S/C19H25BF2N2O/c1-11(2)17(25)8-7-16-18-12(3)9-14(5)23(18)20(21,22)24-15(6)10-13(4)19(16)24/h9-11H,7-8H2,1-6H3. The van der Waals surface area contributed by atoms with Crippen LogP contribution in [0.2, 0.25) is 0 Å². The molecule has 0 spiro atoms. The van der Waals surface area contributed by atoms with Crippen molar-refractivity contribution in [2.24, 2.45) is 5.92 Å². The molecule has 0 atom stereocenters. The zero-order valence-corrected chi connectivity index (χ0v) is 15.8. The van der Waals surface area contributed by atoms with E-state index in [0.717, 1.165) is 16.7 Å². The fourth-order valence-corrected chi connectivity index (χ4v) is 4.20. The molecule has 0 radical (unpaired) electrons. The number of nitrogens with zero attached hydrogens (tertiary/aromatic N) is 2. The second kappa shape index (κ2) is 5.78. The molecule has 0 N–H and O–H groups in total. The zero-order valence-electron chi connectivity index (χ0n) is 15.8. The van der Waals surface area contributed by atoms with Crippen molar-refractivity contribution in [2.75, 3.05) is 0 Å². The second-order valence-electron chi connectivity index (χ2n) is 7.56. The van der Waals surface area contributed by atoms with Crippen molar-refractivity contribution in [1.29, 1.82) is 0 Å². The van der Waals surface area contributed by atoms with Crippen molar-refractivity contribution in [3.05, 3.63) is 40.4 Å². The van der Waals surface area contributed by atoms with Crippen LogP contribution in [0.1, 0.15) is 57.5 Å². The largest absolute Gasteiger partial charge is 0.737 e. The lowest BCUT2D eigenvalue weighted by molar-refractivity contribution is -0.363. The van der Waals surface area contributed by atoms with Gasteiger partial charge in [-0.15, -0.1) is 0 Å². The molecule has 0 aromatic carbocycles. The van der Waals surface area contributed by atoms with Gasteiger partial charge in [0.25, 0.3) is 0 Å². The van der Waals surface area contributed by atoms with Gasteiger partial charge in [0.2, 0.25) is 0 Å². The average molecular weight is 346 g/mol. The number of carbonyl (C=O) groups excluding carboxylic acids is 1. The fraction of sp³-hybridized carbons (Fsp3) is 0.474. The number of carbonyl (C=O) groups is 1. The lowest BCUT2D eigenvalue weighted by Crippen LogP contribution is -2.51. The van der Waals surface area contributed by atoms with E-state index in [1.54, 1.807) is 13.8 Å². The molecular formula is C19H25BF2N2O. The summed E-state index contributed by atoms with van der Waals surface area (Å²) in [6, 6.07) is 1.81. The van der Waals surface area contributed by atoms with Gasteiger partial charge in [0.1, 0.15) is 11.5 Å². The van der Waals surface area contributed by atoms with E-state index in [-0.39, 0.29) is 11.7 Å². The van der Waals surface area contributed by atoms with Gasteiger partial charge in [-0.25, -0.2) is 0 Å². The van der Waals surface area contributed by atoms with Crippen LogP contribution in [0, 0.1) is 19.8 Å². The van der Waals surface area contributed by atoms with Crippen molar-refractivity contribution in [3.63, 3.8) is 0 Å². The van der Waals surface area contributed by atoms with E-state index < -0.39 is 6.97 Å². The first-order valence-corrected chi connectivity index (χ1v) is 8.86. The molecule has 1 aromatic rings. The Labute approximate surface area is 147 Å². The lowest BCUT2D eigenvalue weighted by Gasteiger charge is -2.34. The molecule has 0 aliphatic carbocycles. The Morgan fingerprint density at radius 3 is 2.48 bits per heavy atom. The minimum atomic E-state index is -3.92. The van der Waals surface area contributed by atoms with E-state index in [1.807, 2.05) is 39.8 Å². The van der Waals surface area contributed by atoms with Crippen LogP contribution >= 0.6 is 0 Å². The summed E-state index contributed by atoms with van der Waals surface area (Å²) in [5, 5.41) is 0. The Bertz CT molecular complexity index is 872. The van der Waals surface area contributed by atoms with Crippen LogP contribution in [0.4, 0.5) is 8.63 Å². The highest BCUT2D eigenvalue weighted by molar-refractivity contribution is 6.58. The van der Waals surface area contributed by atoms with Crippen molar-refractivity contribution < 1.29 is 17.9 Å². The van der Waals surface area contributed by atoms with Crippen molar-refractivity contribution >= 4 is 24.0 Å². The number of hydrogen-bond donors (Lipinski definition) is 0. The van der Waals surface area contributed by atoms with Crippen LogP contribution < -0.4 is 0 Å². The fourth-order valence-electron chi connectivity index (χ4n) is 4.20. The van der Waals surface area contributed by atoms with Crippen molar-refractivity contribution in [1.82, 2.24) is 4.48 Å². The van der Waals surface area contributed by atoms with Crippen LogP contribution in [0.25, 0.3) is 5.57 Å². The maximum atomic E-state index is 15.3. The molecule has 0 amide bonds. The highest BCUT2D eigenvalue weighted by atomic mass is 19.2. The predicted octanol–water partition coefficient (Wildman–Crippen LogP) is 4.49. The summed E-state index contributed by atoms with van der Waals surface area (Å²) in [5.74, 6) is 0.120. The van der Waals surface area contributed by atoms with Gasteiger partial charge in [-0.3, -0.25) is 4.79 Å². The quantitative estimate of drug-likeness (QED) is 0.738. The monoisotopic (exact) mass is 346 g/mol. The molecule has 0 bridgehead atoms. The van der Waals surface area contributed by atoms with Gasteiger partial charge >= 0.3 is 6.97 Å². The van der Waals surface area contributed by atoms with Gasteiger partial charge < -0.3 is 17.6 Å². The van der Waals surface area contributed by atoms with Gasteiger partial charge in [0.05, 0.1) is 0 Å². The van der Waals surface area contributed by atoms with Crippen LogP contribution in [0.3, 0.4) is 0 Å². The second-order valence-corrected chi connectivity index (χ2v) is 7.56. The normalized spacial score (nSPS) is 18.7. The number of hydrogen-bond acceptors (Lipinski definition) is 1. The number of Topliss-reactive ketones (excluding diaryl/α,β-unsaturated/α-hetero) is 1. The molecule has 134 valence electrons. The number of rotatable bonds is 4. The van der Waals surface area contributed by atoms with Gasteiger partial charge in [-0.2, -0.15) is 0 Å². The van der Waals surface area contributed by atoms with Crippen molar-refractivity contribution in [2.45, 2.75) is 54.4 Å². The predicted molar refractivity (Wildman–Crippen MR) is 98.0 cm³/mol. The summed E-state index contributed by atoms with van der Waals surface area (Å²) >= 11 is 0. The average Bonchev–Trinajstić information content (AvgIpc) is 2.96. The van der Waals surface area contributed by atoms with Gasteiger partial charge in [-0.05, 0) is 44.5 Å². The van der Waals surface area contributed by atoms with Crippen LogP contribution in [0.15, 0.2) is 23.4 Å². The molecule has 6 heteroatoms. The Balaban J connectivity index is 2.23. The first-order valence-electron chi connectivity index (χ1n) is 8.86. The highest BCUT2D eigenvalue weighted by Crippen LogP contribution is 2.43. The molecule has 3 heterocycles. The van der Waals surface area contributed by atoms with E-state index in [1.165, 1.54) is 8.96 Å². The van der Waals surface area contributed by atoms with E-state index >= 15 is 8.63 Å². The molecule has 0 saturated heterocycles. The summed E-state index contributed by atoms with van der Waals surface area (Å²) in [6.45, 7) is 7.02. The molecule has 2 aliphatic rings. The third kappa shape index (κ3) is 2.54. The Morgan fingerprint density at radius 1 is 1.24 bits per heavy atom. The Morgan fingerprint density at radius 2 is 1.88 bits per heavy atom. The maximum absolute atomic E-state index is 15.3. The van der Waals surface area contributed by atoms with Gasteiger partial charge in [0.15, 0.2) is 5.70 Å². The molecule has 2 aliphatic heterocycles. The lowest BCUT2D eigenvalue weighted by atomic mass is 9.84. The SMILES string of the molecule is CC1=CC(C)=[N+]2C1=C(CCC(=O)C(C)C)c1c(C)cc(C)n1[B-]2(F)F. The summed E-state index contributed by atoms with van der Waals surface area (Å²) < 4.78 is 33.1. The molecule has 25 heavy (non-hydrogen) atoms. The third-order valence-corrected chi connectivity index (χ3v) is 5.30. The van der Waals surface area contributed by atoms with Gasteiger partial charge in [0, 0.05) is 42.2 Å². The van der Waals surface area contributed by atoms with Crippen LogP contribution in [-0.2, 0) is 4.79 Å². The number of allylic oxidation sites excluding steroid dienone is 3. The van der Waals surface area contributed by atoms with Crippen LogP contribution in [0.5, 0.6) is 0 Å². The summed E-state index contributed by atoms with van der Waals surface area (Å²) in [4.78, 5) is 12.1. The molecule has 3 rings (SSSR count). The number of aromatic nitrogens is 1. The van der Waals surface area contributed by atoms with E-state index in [4.69, 9.17) is 0 Å². The topological polar surface area (TPSA) is 25.0 Å². The highest BCUT2D eigenvalue weighted by Gasteiger charge is 2.54. The smallest absolute Gasteiger partial charge is 0.394 e. The molecule has 1 aromatic heterocycles. The molecule has 0 saturated carbocycles. The molecule has 0 unspecified atom stereocenters. The summed E-state index contributed by atoms with van der Waals surface area (Å²) in [6.07, 6.45) is 2.67. The van der Waals surface area contributed by atoms with Crippen molar-refractivity contribution in [3.8, 4) is 0 Å². The minimum absolute atomic E-state index is 0.0425. The van der Waals surface area contributed by atoms with E-state index in [2.05, 4.69) is 0 Å². The number of halogens is 2. The molecular weight excluding hydrogens is 321 g/mol. The van der Waals surface area contributed by atoms with Crippen LogP contribution in [-0.4, -0.2) is 27.4 Å². The van der Waals surface area contributed by atoms with E-state index in [0.29, 0.717) is 35.6 Å².